The van der Waals surface area contributed by atoms with Gasteiger partial charge in [-0.05, 0) is 24.5 Å². The normalized spacial score (nSPS) is 12.8. The topological polar surface area (TPSA) is 37.9 Å². The van der Waals surface area contributed by atoms with Crippen molar-refractivity contribution in [2.24, 2.45) is 5.92 Å². The maximum Gasteiger partial charge on any atom is 0.166 e. The molecule has 0 saturated carbocycles. The van der Waals surface area contributed by atoms with Crippen molar-refractivity contribution in [3.8, 4) is 5.75 Å². The molecule has 1 N–H and O–H groups in total. The Morgan fingerprint density at radius 3 is 3.00 bits per heavy atom. The number of nitrogens with one attached hydrogen (secondary N) is 1. The highest BCUT2D eigenvalue weighted by Crippen LogP contribution is 2.25. The minimum atomic E-state index is 0.706. The van der Waals surface area contributed by atoms with Crippen LogP contribution >= 0.6 is 27.7 Å². The van der Waals surface area contributed by atoms with Gasteiger partial charge >= 0.3 is 0 Å². The third kappa shape index (κ3) is 3.89. The number of alkyl halides is 1. The van der Waals surface area contributed by atoms with Crippen molar-refractivity contribution in [1.82, 2.24) is 9.97 Å². The quantitative estimate of drug-likeness (QED) is 0.595. The lowest BCUT2D eigenvalue weighted by Crippen LogP contribution is -2.04. The lowest BCUT2D eigenvalue weighted by molar-refractivity contribution is 0.415. The first-order valence-corrected chi connectivity index (χ1v) is 8.60. The second kappa shape index (κ2) is 7.20. The van der Waals surface area contributed by atoms with Crippen molar-refractivity contribution < 1.29 is 4.74 Å². The van der Waals surface area contributed by atoms with Crippen LogP contribution in [0.2, 0.25) is 0 Å². The molecular weight excluding hydrogens is 324 g/mol. The number of aromatic amines is 1. The highest BCUT2D eigenvalue weighted by Gasteiger charge is 2.09. The Labute approximate surface area is 126 Å². The van der Waals surface area contributed by atoms with Crippen LogP contribution in [0.4, 0.5) is 0 Å². The molecule has 0 aliphatic heterocycles. The van der Waals surface area contributed by atoms with Gasteiger partial charge in [0, 0.05) is 17.1 Å². The van der Waals surface area contributed by atoms with Gasteiger partial charge in [-0.3, -0.25) is 0 Å². The minimum Gasteiger partial charge on any atom is -0.497 e. The van der Waals surface area contributed by atoms with E-state index < -0.39 is 0 Å². The summed E-state index contributed by atoms with van der Waals surface area (Å²) in [5.41, 5.74) is 2.03. The summed E-state index contributed by atoms with van der Waals surface area (Å²) in [6, 6.07) is 5.92. The SMILES string of the molecule is CCCC(CBr)CSc1nc2ccc(OC)cc2[nH]1. The van der Waals surface area contributed by atoms with Gasteiger partial charge in [-0.25, -0.2) is 4.98 Å². The second-order valence-corrected chi connectivity index (χ2v) is 6.20. The van der Waals surface area contributed by atoms with Gasteiger partial charge in [0.2, 0.25) is 0 Å². The third-order valence-corrected chi connectivity index (χ3v) is 5.06. The van der Waals surface area contributed by atoms with Crippen LogP contribution in [-0.2, 0) is 0 Å². The zero-order valence-corrected chi connectivity index (χ0v) is 13.7. The highest BCUT2D eigenvalue weighted by atomic mass is 79.9. The van der Waals surface area contributed by atoms with E-state index in [1.54, 1.807) is 18.9 Å². The predicted octanol–water partition coefficient (Wildman–Crippen LogP) is 4.47. The van der Waals surface area contributed by atoms with Crippen LogP contribution in [0.5, 0.6) is 5.75 Å². The summed E-state index contributed by atoms with van der Waals surface area (Å²) in [4.78, 5) is 7.94. The average Bonchev–Trinajstić information content (AvgIpc) is 2.84. The molecule has 5 heteroatoms. The van der Waals surface area contributed by atoms with Crippen molar-refractivity contribution in [2.45, 2.75) is 24.9 Å². The fraction of sp³-hybridized carbons (Fsp3) is 0.500. The zero-order valence-electron chi connectivity index (χ0n) is 11.3. The molecule has 2 rings (SSSR count). The predicted molar refractivity (Wildman–Crippen MR) is 85.6 cm³/mol. The number of hydrogen-bond acceptors (Lipinski definition) is 3. The standard InChI is InChI=1S/C14H19BrN2OS/c1-3-4-10(8-15)9-19-14-16-12-6-5-11(18-2)7-13(12)17-14/h5-7,10H,3-4,8-9H2,1-2H3,(H,16,17). The molecule has 19 heavy (non-hydrogen) atoms. The molecule has 1 heterocycles. The Kier molecular flexibility index (Phi) is 5.58. The molecule has 0 radical (unpaired) electrons. The Hall–Kier alpha value is -0.680. The summed E-state index contributed by atoms with van der Waals surface area (Å²) in [5, 5.41) is 2.05. The molecule has 1 aromatic carbocycles. The van der Waals surface area contributed by atoms with Crippen LogP contribution in [0.1, 0.15) is 19.8 Å². The molecule has 0 aliphatic rings. The van der Waals surface area contributed by atoms with Gasteiger partial charge in [0.15, 0.2) is 5.16 Å². The van der Waals surface area contributed by atoms with Crippen LogP contribution in [0.15, 0.2) is 23.4 Å². The number of halogens is 1. The van der Waals surface area contributed by atoms with Crippen LogP contribution in [-0.4, -0.2) is 28.2 Å². The first-order chi connectivity index (χ1) is 9.26. The van der Waals surface area contributed by atoms with Crippen LogP contribution < -0.4 is 4.74 Å². The molecule has 104 valence electrons. The van der Waals surface area contributed by atoms with Gasteiger partial charge in [0.1, 0.15) is 5.75 Å². The highest BCUT2D eigenvalue weighted by molar-refractivity contribution is 9.09. The number of methoxy groups -OCH3 is 1. The largest absolute Gasteiger partial charge is 0.497 e. The third-order valence-electron chi connectivity index (χ3n) is 3.04. The molecule has 0 spiro atoms. The summed E-state index contributed by atoms with van der Waals surface area (Å²) in [6.45, 7) is 2.23. The van der Waals surface area contributed by atoms with E-state index in [1.165, 1.54) is 12.8 Å². The average molecular weight is 343 g/mol. The monoisotopic (exact) mass is 342 g/mol. The first kappa shape index (κ1) is 14.7. The van der Waals surface area contributed by atoms with E-state index in [4.69, 9.17) is 4.74 Å². The molecule has 2 aromatic rings. The molecule has 3 nitrogen and oxygen atoms in total. The van der Waals surface area contributed by atoms with Gasteiger partial charge in [-0.1, -0.05) is 41.0 Å². The van der Waals surface area contributed by atoms with Gasteiger partial charge < -0.3 is 9.72 Å². The van der Waals surface area contributed by atoms with Crippen molar-refractivity contribution in [3.63, 3.8) is 0 Å². The number of thioether (sulfide) groups is 1. The summed E-state index contributed by atoms with van der Waals surface area (Å²) in [7, 11) is 1.68. The summed E-state index contributed by atoms with van der Waals surface area (Å²) in [6.07, 6.45) is 2.49. The molecule has 1 aromatic heterocycles. The Balaban J connectivity index is 2.04. The number of benzene rings is 1. The Bertz CT molecular complexity index is 529. The van der Waals surface area contributed by atoms with Crippen molar-refractivity contribution >= 4 is 38.7 Å². The number of imidazole rings is 1. The number of nitrogens with zero attached hydrogens (tertiary/aromatic N) is 1. The van der Waals surface area contributed by atoms with Gasteiger partial charge in [-0.15, -0.1) is 0 Å². The number of hydrogen-bond donors (Lipinski definition) is 1. The molecule has 0 fully saturated rings. The fourth-order valence-corrected chi connectivity index (χ4v) is 3.85. The van der Waals surface area contributed by atoms with E-state index in [-0.39, 0.29) is 0 Å². The van der Waals surface area contributed by atoms with Gasteiger partial charge in [-0.2, -0.15) is 0 Å². The van der Waals surface area contributed by atoms with E-state index in [9.17, 15) is 0 Å². The van der Waals surface area contributed by atoms with Crippen molar-refractivity contribution in [3.05, 3.63) is 18.2 Å². The molecule has 0 aliphatic carbocycles. The maximum absolute atomic E-state index is 5.22. The van der Waals surface area contributed by atoms with E-state index in [1.807, 2.05) is 18.2 Å². The van der Waals surface area contributed by atoms with Crippen LogP contribution in [0.25, 0.3) is 11.0 Å². The first-order valence-electron chi connectivity index (χ1n) is 6.49. The van der Waals surface area contributed by atoms with E-state index in [0.29, 0.717) is 5.92 Å². The number of fused-ring (bicyclic) bond motifs is 1. The summed E-state index contributed by atoms with van der Waals surface area (Å²) >= 11 is 5.38. The summed E-state index contributed by atoms with van der Waals surface area (Å²) < 4.78 is 5.22. The molecular formula is C14H19BrN2OS. The smallest absolute Gasteiger partial charge is 0.166 e. The molecule has 0 amide bonds. The lowest BCUT2D eigenvalue weighted by Gasteiger charge is -2.10. The lowest BCUT2D eigenvalue weighted by atomic mass is 10.1. The minimum absolute atomic E-state index is 0.706. The van der Waals surface area contributed by atoms with E-state index in [2.05, 4.69) is 32.8 Å². The number of aromatic nitrogens is 2. The van der Waals surface area contributed by atoms with Crippen LogP contribution in [0, 0.1) is 5.92 Å². The maximum atomic E-state index is 5.22. The van der Waals surface area contributed by atoms with E-state index in [0.717, 1.165) is 33.0 Å². The van der Waals surface area contributed by atoms with E-state index >= 15 is 0 Å². The Morgan fingerprint density at radius 2 is 2.32 bits per heavy atom. The zero-order chi connectivity index (χ0) is 13.7. The Morgan fingerprint density at radius 1 is 1.47 bits per heavy atom. The molecule has 0 saturated heterocycles. The number of ether oxygens (including phenoxy) is 1. The molecule has 0 bridgehead atoms. The number of H-pyrrole nitrogens is 1. The molecule has 1 unspecified atom stereocenters. The van der Waals surface area contributed by atoms with Gasteiger partial charge in [0.25, 0.3) is 0 Å². The van der Waals surface area contributed by atoms with Crippen molar-refractivity contribution in [2.75, 3.05) is 18.2 Å². The van der Waals surface area contributed by atoms with Crippen molar-refractivity contribution in [1.29, 1.82) is 0 Å². The molecule has 1 atom stereocenters. The fourth-order valence-electron chi connectivity index (χ4n) is 1.97. The second-order valence-electron chi connectivity index (χ2n) is 4.55. The van der Waals surface area contributed by atoms with Crippen LogP contribution in [0.3, 0.4) is 0 Å². The summed E-state index contributed by atoms with van der Waals surface area (Å²) in [5.74, 6) is 2.66. The number of rotatable bonds is 7. The van der Waals surface area contributed by atoms with Gasteiger partial charge in [0.05, 0.1) is 18.1 Å².